The fraction of sp³-hybridized carbons (Fsp3) is 0.400. The molecular formula is C10H11N3O6. The zero-order valence-corrected chi connectivity index (χ0v) is 9.62. The molecule has 2 rings (SSSR count). The summed E-state index contributed by atoms with van der Waals surface area (Å²) in [6, 6.07) is -0.307. The van der Waals surface area contributed by atoms with Gasteiger partial charge in [-0.1, -0.05) is 0 Å². The Morgan fingerprint density at radius 2 is 2.00 bits per heavy atom. The lowest BCUT2D eigenvalue weighted by Crippen LogP contribution is -2.42. The first kappa shape index (κ1) is 13.0. The first-order chi connectivity index (χ1) is 8.88. The molecule has 1 aromatic heterocycles. The number of hydrogen-bond acceptors (Lipinski definition) is 5. The summed E-state index contributed by atoms with van der Waals surface area (Å²) in [6.07, 6.45) is -1.03. The van der Waals surface area contributed by atoms with Gasteiger partial charge >= 0.3 is 11.7 Å². The van der Waals surface area contributed by atoms with E-state index in [1.165, 1.54) is 0 Å². The number of aromatic nitrogens is 2. The maximum absolute atomic E-state index is 12.0. The van der Waals surface area contributed by atoms with Crippen molar-refractivity contribution in [2.45, 2.75) is 18.6 Å². The first-order valence-electron chi connectivity index (χ1n) is 5.44. The topological polar surface area (TPSA) is 144 Å². The molecule has 0 saturated carbocycles. The third kappa shape index (κ3) is 2.55. The number of hydrogen-bond donors (Lipinski definition) is 4. The van der Waals surface area contributed by atoms with Crippen molar-refractivity contribution in [1.29, 1.82) is 0 Å². The highest BCUT2D eigenvalue weighted by Gasteiger charge is 2.39. The Kier molecular flexibility index (Phi) is 3.21. The quantitative estimate of drug-likeness (QED) is 0.476. The SMILES string of the molecule is O=C(O)[C@H]1C[C@@H](O)CN1C(=O)c1cc(=O)[nH]c(=O)[nH]1. The number of aromatic amines is 2. The van der Waals surface area contributed by atoms with Crippen LogP contribution in [0.1, 0.15) is 16.9 Å². The van der Waals surface area contributed by atoms with Gasteiger partial charge in [-0.15, -0.1) is 0 Å². The molecule has 1 fully saturated rings. The number of carbonyl (C=O) groups excluding carboxylic acids is 1. The van der Waals surface area contributed by atoms with Gasteiger partial charge in [0.05, 0.1) is 6.10 Å². The zero-order valence-electron chi connectivity index (χ0n) is 9.62. The molecular weight excluding hydrogens is 258 g/mol. The van der Waals surface area contributed by atoms with E-state index in [2.05, 4.69) is 4.98 Å². The van der Waals surface area contributed by atoms with Gasteiger partial charge in [-0.25, -0.2) is 9.59 Å². The van der Waals surface area contributed by atoms with Gasteiger partial charge in [0.25, 0.3) is 11.5 Å². The Morgan fingerprint density at radius 1 is 1.32 bits per heavy atom. The molecule has 0 aliphatic carbocycles. The van der Waals surface area contributed by atoms with Gasteiger partial charge in [-0.2, -0.15) is 0 Å². The molecule has 1 aromatic rings. The summed E-state index contributed by atoms with van der Waals surface area (Å²) in [4.78, 5) is 50.1. The molecule has 0 radical (unpaired) electrons. The van der Waals surface area contributed by atoms with Crippen LogP contribution >= 0.6 is 0 Å². The number of aliphatic hydroxyl groups is 1. The second-order valence-corrected chi connectivity index (χ2v) is 4.20. The Bertz CT molecular complexity index is 604. The summed E-state index contributed by atoms with van der Waals surface area (Å²) >= 11 is 0. The predicted molar refractivity (Wildman–Crippen MR) is 60.8 cm³/mol. The summed E-state index contributed by atoms with van der Waals surface area (Å²) in [6.45, 7) is -0.162. The van der Waals surface area contributed by atoms with E-state index < -0.39 is 35.3 Å². The lowest BCUT2D eigenvalue weighted by atomic mass is 10.2. The molecule has 1 amide bonds. The maximum atomic E-state index is 12.0. The van der Waals surface area contributed by atoms with Gasteiger partial charge in [-0.05, 0) is 0 Å². The van der Waals surface area contributed by atoms with Crippen LogP contribution in [0.2, 0.25) is 0 Å². The van der Waals surface area contributed by atoms with E-state index in [4.69, 9.17) is 5.11 Å². The van der Waals surface area contributed by atoms with Gasteiger partial charge in [0.2, 0.25) is 0 Å². The highest BCUT2D eigenvalue weighted by molar-refractivity contribution is 5.95. The summed E-state index contributed by atoms with van der Waals surface area (Å²) < 4.78 is 0. The second kappa shape index (κ2) is 4.69. The van der Waals surface area contributed by atoms with Crippen LogP contribution in [-0.4, -0.2) is 55.6 Å². The number of aliphatic carboxylic acids is 1. The average molecular weight is 269 g/mol. The molecule has 102 valence electrons. The van der Waals surface area contributed by atoms with Gasteiger partial charge < -0.3 is 20.1 Å². The Hall–Kier alpha value is -2.42. The van der Waals surface area contributed by atoms with E-state index in [-0.39, 0.29) is 18.7 Å². The molecule has 0 bridgehead atoms. The van der Waals surface area contributed by atoms with Crippen LogP contribution in [-0.2, 0) is 4.79 Å². The molecule has 1 aliphatic heterocycles. The van der Waals surface area contributed by atoms with Crippen LogP contribution in [0.4, 0.5) is 0 Å². The zero-order chi connectivity index (χ0) is 14.2. The number of carboxylic acid groups (broad SMARTS) is 1. The molecule has 1 saturated heterocycles. The van der Waals surface area contributed by atoms with Gasteiger partial charge in [0.1, 0.15) is 11.7 Å². The van der Waals surface area contributed by atoms with E-state index in [9.17, 15) is 24.3 Å². The van der Waals surface area contributed by atoms with Crippen molar-refractivity contribution in [2.24, 2.45) is 0 Å². The number of β-amino-alcohol motifs (C(OH)–C–C–N with tert-alkyl or cyclic N) is 1. The number of H-pyrrole nitrogens is 2. The smallest absolute Gasteiger partial charge is 0.326 e. The molecule has 0 unspecified atom stereocenters. The van der Waals surface area contributed by atoms with Crippen molar-refractivity contribution in [3.8, 4) is 0 Å². The molecule has 2 heterocycles. The second-order valence-electron chi connectivity index (χ2n) is 4.20. The molecule has 9 nitrogen and oxygen atoms in total. The van der Waals surface area contributed by atoms with Crippen molar-refractivity contribution in [3.63, 3.8) is 0 Å². The molecule has 0 aromatic carbocycles. The van der Waals surface area contributed by atoms with Crippen LogP contribution in [0.3, 0.4) is 0 Å². The minimum atomic E-state index is -1.25. The fourth-order valence-electron chi connectivity index (χ4n) is 2.01. The van der Waals surface area contributed by atoms with Crippen molar-refractivity contribution >= 4 is 11.9 Å². The number of nitrogens with one attached hydrogen (secondary N) is 2. The largest absolute Gasteiger partial charge is 0.480 e. The highest BCUT2D eigenvalue weighted by Crippen LogP contribution is 2.19. The summed E-state index contributed by atoms with van der Waals surface area (Å²) in [5.41, 5.74) is -1.93. The molecule has 9 heteroatoms. The van der Waals surface area contributed by atoms with E-state index >= 15 is 0 Å². The Labute approximate surface area is 105 Å². The third-order valence-electron chi connectivity index (χ3n) is 2.82. The third-order valence-corrected chi connectivity index (χ3v) is 2.82. The highest BCUT2D eigenvalue weighted by atomic mass is 16.4. The Balaban J connectivity index is 2.35. The van der Waals surface area contributed by atoms with Crippen LogP contribution in [0.5, 0.6) is 0 Å². The lowest BCUT2D eigenvalue weighted by Gasteiger charge is -2.20. The molecule has 19 heavy (non-hydrogen) atoms. The lowest BCUT2D eigenvalue weighted by molar-refractivity contribution is -0.141. The van der Waals surface area contributed by atoms with E-state index in [1.54, 1.807) is 0 Å². The van der Waals surface area contributed by atoms with Crippen LogP contribution < -0.4 is 11.2 Å². The monoisotopic (exact) mass is 269 g/mol. The van der Waals surface area contributed by atoms with Gasteiger partial charge in [0.15, 0.2) is 0 Å². The van der Waals surface area contributed by atoms with Crippen molar-refractivity contribution in [1.82, 2.24) is 14.9 Å². The average Bonchev–Trinajstić information content (AvgIpc) is 2.69. The summed E-state index contributed by atoms with van der Waals surface area (Å²) in [5.74, 6) is -2.07. The number of carbonyl (C=O) groups is 2. The maximum Gasteiger partial charge on any atom is 0.326 e. The van der Waals surface area contributed by atoms with Gasteiger partial charge in [-0.3, -0.25) is 14.6 Å². The van der Waals surface area contributed by atoms with Crippen LogP contribution in [0, 0.1) is 0 Å². The summed E-state index contributed by atoms with van der Waals surface area (Å²) in [7, 11) is 0. The van der Waals surface area contributed by atoms with Crippen molar-refractivity contribution in [3.05, 3.63) is 32.6 Å². The number of rotatable bonds is 2. The van der Waals surface area contributed by atoms with E-state index in [0.29, 0.717) is 0 Å². The number of amides is 1. The van der Waals surface area contributed by atoms with Gasteiger partial charge in [0, 0.05) is 19.0 Å². The number of nitrogens with zero attached hydrogens (tertiary/aromatic N) is 1. The fourth-order valence-corrected chi connectivity index (χ4v) is 2.01. The van der Waals surface area contributed by atoms with Crippen LogP contribution in [0.15, 0.2) is 15.7 Å². The Morgan fingerprint density at radius 3 is 2.58 bits per heavy atom. The van der Waals surface area contributed by atoms with E-state index in [0.717, 1.165) is 11.0 Å². The van der Waals surface area contributed by atoms with Crippen molar-refractivity contribution in [2.75, 3.05) is 6.54 Å². The normalized spacial score (nSPS) is 22.5. The molecule has 1 aliphatic rings. The molecule has 2 atom stereocenters. The van der Waals surface area contributed by atoms with Crippen molar-refractivity contribution < 1.29 is 19.8 Å². The predicted octanol–water partition coefficient (Wildman–Crippen LogP) is -2.28. The minimum Gasteiger partial charge on any atom is -0.480 e. The van der Waals surface area contributed by atoms with E-state index in [1.807, 2.05) is 4.98 Å². The summed E-state index contributed by atoms with van der Waals surface area (Å²) in [5, 5.41) is 18.4. The minimum absolute atomic E-state index is 0.0888. The number of aliphatic hydroxyl groups excluding tert-OH is 1. The molecule has 0 spiro atoms. The number of likely N-dealkylation sites (tertiary alicyclic amines) is 1. The molecule has 4 N–H and O–H groups in total. The van der Waals surface area contributed by atoms with Crippen LogP contribution in [0.25, 0.3) is 0 Å². The first-order valence-corrected chi connectivity index (χ1v) is 5.44. The number of carboxylic acids is 1. The standard InChI is InChI=1S/C10H11N3O6/c14-4-1-6(9(17)18)13(3-4)8(16)5-2-7(15)12-10(19)11-5/h2,4,6,14H,1,3H2,(H,17,18)(H2,11,12,15,19)/t4-,6-/m1/s1.